The van der Waals surface area contributed by atoms with E-state index in [9.17, 15) is 4.79 Å². The number of benzene rings is 1. The van der Waals surface area contributed by atoms with Crippen LogP contribution in [0.3, 0.4) is 0 Å². The van der Waals surface area contributed by atoms with Gasteiger partial charge in [0.15, 0.2) is 5.78 Å². The molecule has 2 heteroatoms. The monoisotopic (exact) mass is 297 g/mol. The average Bonchev–Trinajstić information content (AvgIpc) is 2.86. The van der Waals surface area contributed by atoms with Crippen molar-refractivity contribution in [1.82, 2.24) is 0 Å². The Labute approximate surface area is 134 Å². The number of anilines is 1. The van der Waals surface area contributed by atoms with Gasteiger partial charge in [0.1, 0.15) is 0 Å². The van der Waals surface area contributed by atoms with Gasteiger partial charge in [0.05, 0.1) is 5.41 Å². The van der Waals surface area contributed by atoms with Crippen molar-refractivity contribution in [2.75, 3.05) is 11.9 Å². The molecule has 0 heterocycles. The predicted octanol–water partition coefficient (Wildman–Crippen LogP) is 5.12. The third kappa shape index (κ3) is 3.49. The first-order valence-corrected chi connectivity index (χ1v) is 8.30. The summed E-state index contributed by atoms with van der Waals surface area (Å²) >= 11 is 0. The number of carbonyl (C=O) groups is 1. The van der Waals surface area contributed by atoms with Gasteiger partial charge in [-0.2, -0.15) is 0 Å². The van der Waals surface area contributed by atoms with Crippen molar-refractivity contribution >= 4 is 11.5 Å². The van der Waals surface area contributed by atoms with Gasteiger partial charge in [0.25, 0.3) is 0 Å². The van der Waals surface area contributed by atoms with Gasteiger partial charge in [0.2, 0.25) is 0 Å². The summed E-state index contributed by atoms with van der Waals surface area (Å²) in [6.45, 7) is 6.15. The van der Waals surface area contributed by atoms with Crippen molar-refractivity contribution in [3.8, 4) is 0 Å². The Morgan fingerprint density at radius 2 is 2.00 bits per heavy atom. The van der Waals surface area contributed by atoms with Crippen LogP contribution < -0.4 is 4.90 Å². The van der Waals surface area contributed by atoms with Crippen LogP contribution in [0.15, 0.2) is 54.8 Å². The van der Waals surface area contributed by atoms with E-state index >= 15 is 0 Å². The number of allylic oxidation sites excluding steroid dienone is 2. The second kappa shape index (κ2) is 7.44. The van der Waals surface area contributed by atoms with Crippen LogP contribution >= 0.6 is 0 Å². The van der Waals surface area contributed by atoms with E-state index in [0.29, 0.717) is 0 Å². The molecule has 1 unspecified atom stereocenters. The molecular formula is C20H27NO. The Kier molecular flexibility index (Phi) is 5.59. The van der Waals surface area contributed by atoms with Gasteiger partial charge in [-0.05, 0) is 31.4 Å². The summed E-state index contributed by atoms with van der Waals surface area (Å²) in [6.07, 6.45) is 10.1. The number of unbranched alkanes of at least 4 members (excludes halogenated alkanes) is 2. The van der Waals surface area contributed by atoms with E-state index < -0.39 is 0 Å². The molecule has 2 rings (SSSR count). The SMILES string of the molecule is C=CC1(CCCCC)CCC(=CN(C)c2ccccc2)C1=O. The van der Waals surface area contributed by atoms with Crippen LogP contribution in [0.2, 0.25) is 0 Å². The highest BCUT2D eigenvalue weighted by atomic mass is 16.1. The van der Waals surface area contributed by atoms with Crippen LogP contribution in [-0.2, 0) is 4.79 Å². The minimum atomic E-state index is -0.321. The second-order valence-electron chi connectivity index (χ2n) is 6.25. The van der Waals surface area contributed by atoms with Gasteiger partial charge in [-0.15, -0.1) is 6.58 Å². The number of hydrogen-bond acceptors (Lipinski definition) is 2. The molecular weight excluding hydrogens is 270 g/mol. The fourth-order valence-electron chi connectivity index (χ4n) is 3.22. The fraction of sp³-hybridized carbons (Fsp3) is 0.450. The van der Waals surface area contributed by atoms with Crippen molar-refractivity contribution in [3.05, 3.63) is 54.8 Å². The van der Waals surface area contributed by atoms with Gasteiger partial charge >= 0.3 is 0 Å². The zero-order valence-electron chi connectivity index (χ0n) is 13.8. The van der Waals surface area contributed by atoms with E-state index in [4.69, 9.17) is 0 Å². The summed E-state index contributed by atoms with van der Waals surface area (Å²) in [4.78, 5) is 14.9. The lowest BCUT2D eigenvalue weighted by Gasteiger charge is -2.23. The lowest BCUT2D eigenvalue weighted by atomic mass is 9.80. The zero-order valence-corrected chi connectivity index (χ0v) is 13.8. The van der Waals surface area contributed by atoms with E-state index in [2.05, 4.69) is 25.6 Å². The van der Waals surface area contributed by atoms with E-state index in [0.717, 1.165) is 36.9 Å². The first-order chi connectivity index (χ1) is 10.6. The molecule has 0 bridgehead atoms. The molecule has 0 amide bonds. The molecule has 1 aliphatic carbocycles. The largest absolute Gasteiger partial charge is 0.351 e. The van der Waals surface area contributed by atoms with Crippen LogP contribution in [0.25, 0.3) is 0 Å². The summed E-state index contributed by atoms with van der Waals surface area (Å²) in [5.41, 5.74) is 1.71. The smallest absolute Gasteiger partial charge is 0.170 e. The summed E-state index contributed by atoms with van der Waals surface area (Å²) in [6, 6.07) is 10.1. The maximum atomic E-state index is 12.9. The van der Waals surface area contributed by atoms with E-state index in [-0.39, 0.29) is 11.2 Å². The highest BCUT2D eigenvalue weighted by Gasteiger charge is 2.41. The quantitative estimate of drug-likeness (QED) is 0.395. The van der Waals surface area contributed by atoms with E-state index in [1.165, 1.54) is 12.8 Å². The molecule has 1 atom stereocenters. The minimum absolute atomic E-state index is 0.279. The van der Waals surface area contributed by atoms with Crippen LogP contribution in [0.4, 0.5) is 5.69 Å². The maximum absolute atomic E-state index is 12.9. The van der Waals surface area contributed by atoms with Crippen LogP contribution in [0.5, 0.6) is 0 Å². The predicted molar refractivity (Wildman–Crippen MR) is 93.9 cm³/mol. The molecule has 118 valence electrons. The molecule has 1 aromatic rings. The molecule has 2 nitrogen and oxygen atoms in total. The Balaban J connectivity index is 2.12. The molecule has 0 aliphatic heterocycles. The molecule has 0 radical (unpaired) electrons. The Hall–Kier alpha value is -1.83. The lowest BCUT2D eigenvalue weighted by molar-refractivity contribution is -0.121. The number of carbonyl (C=O) groups excluding carboxylic acids is 1. The average molecular weight is 297 g/mol. The maximum Gasteiger partial charge on any atom is 0.170 e. The number of Topliss-reactive ketones (excluding diaryl/α,β-unsaturated/α-hetero) is 1. The molecule has 1 fully saturated rings. The first kappa shape index (κ1) is 16.5. The normalized spacial score (nSPS) is 23.0. The van der Waals surface area contributed by atoms with Crippen LogP contribution in [-0.4, -0.2) is 12.8 Å². The third-order valence-electron chi connectivity index (χ3n) is 4.71. The molecule has 0 saturated heterocycles. The first-order valence-electron chi connectivity index (χ1n) is 8.30. The highest BCUT2D eigenvalue weighted by Crippen LogP contribution is 2.43. The van der Waals surface area contributed by atoms with Gasteiger partial charge in [-0.3, -0.25) is 4.79 Å². The molecule has 0 N–H and O–H groups in total. The summed E-state index contributed by atoms with van der Waals surface area (Å²) < 4.78 is 0. The summed E-state index contributed by atoms with van der Waals surface area (Å²) in [5.74, 6) is 0.279. The molecule has 1 aromatic carbocycles. The van der Waals surface area contributed by atoms with Crippen molar-refractivity contribution in [2.45, 2.75) is 45.4 Å². The molecule has 0 aromatic heterocycles. The Bertz CT molecular complexity index is 546. The Morgan fingerprint density at radius 3 is 2.64 bits per heavy atom. The fourth-order valence-corrected chi connectivity index (χ4v) is 3.22. The topological polar surface area (TPSA) is 20.3 Å². The number of nitrogens with zero attached hydrogens (tertiary/aromatic N) is 1. The lowest BCUT2D eigenvalue weighted by Crippen LogP contribution is -2.24. The molecule has 0 spiro atoms. The number of para-hydroxylation sites is 1. The Morgan fingerprint density at radius 1 is 1.27 bits per heavy atom. The molecule has 1 saturated carbocycles. The van der Waals surface area contributed by atoms with Crippen LogP contribution in [0.1, 0.15) is 45.4 Å². The minimum Gasteiger partial charge on any atom is -0.351 e. The standard InChI is InChI=1S/C20H27NO/c1-4-6-10-14-20(5-2)15-13-17(19(20)22)16-21(3)18-11-8-7-9-12-18/h5,7-9,11-12,16H,2,4,6,10,13-15H2,1,3H3. The van der Waals surface area contributed by atoms with Crippen molar-refractivity contribution in [3.63, 3.8) is 0 Å². The van der Waals surface area contributed by atoms with Gasteiger partial charge < -0.3 is 4.90 Å². The van der Waals surface area contributed by atoms with Crippen molar-refractivity contribution < 1.29 is 4.79 Å². The van der Waals surface area contributed by atoms with Gasteiger partial charge in [-0.1, -0.05) is 50.5 Å². The van der Waals surface area contributed by atoms with Crippen molar-refractivity contribution in [2.24, 2.45) is 5.41 Å². The van der Waals surface area contributed by atoms with Gasteiger partial charge in [-0.25, -0.2) is 0 Å². The van der Waals surface area contributed by atoms with E-state index in [1.807, 2.05) is 42.4 Å². The highest BCUT2D eigenvalue weighted by molar-refractivity contribution is 6.03. The van der Waals surface area contributed by atoms with Crippen LogP contribution in [0, 0.1) is 5.41 Å². The van der Waals surface area contributed by atoms with E-state index in [1.54, 1.807) is 0 Å². The summed E-state index contributed by atoms with van der Waals surface area (Å²) in [5, 5.41) is 0. The molecule has 22 heavy (non-hydrogen) atoms. The number of rotatable bonds is 7. The number of ketones is 1. The third-order valence-corrected chi connectivity index (χ3v) is 4.71. The summed E-state index contributed by atoms with van der Waals surface area (Å²) in [7, 11) is 2.00. The number of hydrogen-bond donors (Lipinski definition) is 0. The zero-order chi connectivity index (χ0) is 16.0. The van der Waals surface area contributed by atoms with Gasteiger partial charge in [0, 0.05) is 24.5 Å². The molecule has 1 aliphatic rings. The van der Waals surface area contributed by atoms with Crippen molar-refractivity contribution in [1.29, 1.82) is 0 Å². The second-order valence-corrected chi connectivity index (χ2v) is 6.25.